The highest BCUT2D eigenvalue weighted by molar-refractivity contribution is 9.10. The van der Waals surface area contributed by atoms with Gasteiger partial charge in [0.15, 0.2) is 0 Å². The number of rotatable bonds is 2. The minimum Gasteiger partial charge on any atom is -0.480 e. The van der Waals surface area contributed by atoms with E-state index in [-0.39, 0.29) is 10.1 Å². The van der Waals surface area contributed by atoms with Crippen molar-refractivity contribution >= 4 is 33.7 Å². The molecule has 2 N–H and O–H groups in total. The van der Waals surface area contributed by atoms with E-state index in [9.17, 15) is 9.90 Å². The molecule has 0 amide bonds. The van der Waals surface area contributed by atoms with E-state index in [4.69, 9.17) is 0 Å². The van der Waals surface area contributed by atoms with Crippen molar-refractivity contribution in [1.29, 1.82) is 0 Å². The molecule has 0 radical (unpaired) electrons. The summed E-state index contributed by atoms with van der Waals surface area (Å²) < 4.78 is 0.724. The summed E-state index contributed by atoms with van der Waals surface area (Å²) in [6.45, 7) is 3.92. The first kappa shape index (κ1) is 12.9. The van der Waals surface area contributed by atoms with Crippen LogP contribution in [-0.2, 0) is 4.79 Å². The maximum absolute atomic E-state index is 11.2. The van der Waals surface area contributed by atoms with Crippen LogP contribution in [0.3, 0.4) is 0 Å². The van der Waals surface area contributed by atoms with Crippen LogP contribution in [0.1, 0.15) is 24.8 Å². The van der Waals surface area contributed by atoms with Crippen LogP contribution in [0.2, 0.25) is 0 Å². The van der Waals surface area contributed by atoms with E-state index >= 15 is 0 Å². The van der Waals surface area contributed by atoms with Crippen molar-refractivity contribution in [2.75, 3.05) is 0 Å². The highest BCUT2D eigenvalue weighted by Crippen LogP contribution is 2.45. The standard InChI is InChI=1S/C12H14BrNO2S/c1-12(2)9(11(15)16)14-10(17-12)7-3-5-8(13)6-4-7/h3-6,9-10,14H,1-2H3,(H,15,16)/t9-,10?/m0/s1. The van der Waals surface area contributed by atoms with Gasteiger partial charge in [0.25, 0.3) is 0 Å². The molecule has 1 heterocycles. The van der Waals surface area contributed by atoms with Crippen LogP contribution >= 0.6 is 27.7 Å². The minimum absolute atomic E-state index is 0.0409. The summed E-state index contributed by atoms with van der Waals surface area (Å²) in [6, 6.07) is 7.45. The monoisotopic (exact) mass is 315 g/mol. The molecule has 1 aromatic carbocycles. The van der Waals surface area contributed by atoms with Crippen LogP contribution in [-0.4, -0.2) is 21.9 Å². The van der Waals surface area contributed by atoms with E-state index in [1.807, 2.05) is 38.1 Å². The second kappa shape index (κ2) is 4.63. The molecular weight excluding hydrogens is 302 g/mol. The summed E-state index contributed by atoms with van der Waals surface area (Å²) in [6.07, 6.45) is 0. The van der Waals surface area contributed by atoms with Gasteiger partial charge in [-0.15, -0.1) is 11.8 Å². The number of aliphatic carboxylic acids is 1. The fourth-order valence-corrected chi connectivity index (χ4v) is 3.60. The number of carbonyl (C=O) groups is 1. The van der Waals surface area contributed by atoms with E-state index in [0.29, 0.717) is 0 Å². The lowest BCUT2D eigenvalue weighted by Crippen LogP contribution is -2.43. The van der Waals surface area contributed by atoms with Crippen molar-refractivity contribution < 1.29 is 9.90 Å². The molecule has 17 heavy (non-hydrogen) atoms. The molecule has 1 aliphatic heterocycles. The van der Waals surface area contributed by atoms with Crippen molar-refractivity contribution in [3.8, 4) is 0 Å². The Hall–Kier alpha value is -0.520. The van der Waals surface area contributed by atoms with Crippen molar-refractivity contribution in [1.82, 2.24) is 5.32 Å². The maximum Gasteiger partial charge on any atom is 0.322 e. The summed E-state index contributed by atoms with van der Waals surface area (Å²) in [7, 11) is 0. The van der Waals surface area contributed by atoms with Gasteiger partial charge in [-0.1, -0.05) is 28.1 Å². The Kier molecular flexibility index (Phi) is 3.52. The first-order chi connectivity index (χ1) is 7.90. The number of halogens is 1. The molecule has 1 aliphatic rings. The first-order valence-electron chi connectivity index (χ1n) is 5.32. The van der Waals surface area contributed by atoms with E-state index in [0.717, 1.165) is 10.0 Å². The molecule has 92 valence electrons. The highest BCUT2D eigenvalue weighted by atomic mass is 79.9. The fraction of sp³-hybridized carbons (Fsp3) is 0.417. The van der Waals surface area contributed by atoms with Gasteiger partial charge in [-0.3, -0.25) is 10.1 Å². The smallest absolute Gasteiger partial charge is 0.322 e. The van der Waals surface area contributed by atoms with Crippen LogP contribution in [0.4, 0.5) is 0 Å². The average Bonchev–Trinajstić information content (AvgIpc) is 2.55. The van der Waals surface area contributed by atoms with Crippen LogP contribution in [0.25, 0.3) is 0 Å². The molecule has 0 spiro atoms. The number of benzene rings is 1. The molecule has 2 rings (SSSR count). The summed E-state index contributed by atoms with van der Waals surface area (Å²) in [4.78, 5) is 11.2. The zero-order valence-corrected chi connectivity index (χ0v) is 12.0. The number of thioether (sulfide) groups is 1. The SMILES string of the molecule is CC1(C)SC(c2ccc(Br)cc2)N[C@H]1C(=O)O. The van der Waals surface area contributed by atoms with Crippen molar-refractivity contribution in [3.05, 3.63) is 34.3 Å². The molecule has 3 nitrogen and oxygen atoms in total. The van der Waals surface area contributed by atoms with Gasteiger partial charge in [0.2, 0.25) is 0 Å². The third-order valence-corrected chi connectivity index (χ3v) is 4.87. The second-order valence-electron chi connectivity index (χ2n) is 4.59. The Balaban J connectivity index is 2.21. The van der Waals surface area contributed by atoms with Gasteiger partial charge in [0.05, 0.1) is 5.37 Å². The first-order valence-corrected chi connectivity index (χ1v) is 6.99. The van der Waals surface area contributed by atoms with Crippen molar-refractivity contribution in [3.63, 3.8) is 0 Å². The molecule has 0 bridgehead atoms. The lowest BCUT2D eigenvalue weighted by Gasteiger charge is -2.20. The lowest BCUT2D eigenvalue weighted by atomic mass is 10.0. The normalized spacial score (nSPS) is 27.0. The average molecular weight is 316 g/mol. The third-order valence-electron chi connectivity index (χ3n) is 2.85. The van der Waals surface area contributed by atoms with E-state index in [2.05, 4.69) is 21.2 Å². The molecule has 1 saturated heterocycles. The molecule has 5 heteroatoms. The van der Waals surface area contributed by atoms with Crippen LogP contribution in [0.5, 0.6) is 0 Å². The van der Waals surface area contributed by atoms with E-state index in [1.165, 1.54) is 0 Å². The fourth-order valence-electron chi connectivity index (χ4n) is 1.93. The Morgan fingerprint density at radius 3 is 2.47 bits per heavy atom. The minimum atomic E-state index is -0.790. The Morgan fingerprint density at radius 1 is 1.41 bits per heavy atom. The van der Waals surface area contributed by atoms with Crippen molar-refractivity contribution in [2.45, 2.75) is 30.0 Å². The summed E-state index contributed by atoms with van der Waals surface area (Å²) in [5, 5.41) is 12.4. The van der Waals surface area contributed by atoms with Gasteiger partial charge >= 0.3 is 5.97 Å². The zero-order chi connectivity index (χ0) is 12.6. The molecule has 1 aromatic rings. The molecular formula is C12H14BrNO2S. The Labute approximate surface area is 113 Å². The van der Waals surface area contributed by atoms with Crippen LogP contribution in [0, 0.1) is 0 Å². The summed E-state index contributed by atoms with van der Waals surface area (Å²) in [5.74, 6) is -0.790. The van der Waals surface area contributed by atoms with Gasteiger partial charge < -0.3 is 5.11 Å². The topological polar surface area (TPSA) is 49.3 Å². The quantitative estimate of drug-likeness (QED) is 0.880. The van der Waals surface area contributed by atoms with Gasteiger partial charge in [0, 0.05) is 9.22 Å². The Bertz CT molecular complexity index is 433. The number of nitrogens with one attached hydrogen (secondary N) is 1. The van der Waals surface area contributed by atoms with Crippen LogP contribution in [0.15, 0.2) is 28.7 Å². The van der Waals surface area contributed by atoms with Gasteiger partial charge in [0.1, 0.15) is 6.04 Å². The predicted octanol–water partition coefficient (Wildman–Crippen LogP) is 3.02. The number of hydrogen-bond acceptors (Lipinski definition) is 3. The molecule has 1 unspecified atom stereocenters. The largest absolute Gasteiger partial charge is 0.480 e. The Morgan fingerprint density at radius 2 is 2.00 bits per heavy atom. The predicted molar refractivity (Wildman–Crippen MR) is 73.1 cm³/mol. The van der Waals surface area contributed by atoms with Gasteiger partial charge in [-0.05, 0) is 31.5 Å². The van der Waals surface area contributed by atoms with Crippen molar-refractivity contribution in [2.24, 2.45) is 0 Å². The van der Waals surface area contributed by atoms with Gasteiger partial charge in [-0.2, -0.15) is 0 Å². The van der Waals surface area contributed by atoms with E-state index < -0.39 is 12.0 Å². The van der Waals surface area contributed by atoms with Gasteiger partial charge in [-0.25, -0.2) is 0 Å². The second-order valence-corrected chi connectivity index (χ2v) is 7.27. The third kappa shape index (κ3) is 2.67. The summed E-state index contributed by atoms with van der Waals surface area (Å²) in [5.41, 5.74) is 1.11. The molecule has 0 aromatic heterocycles. The number of carboxylic acid groups (broad SMARTS) is 1. The highest BCUT2D eigenvalue weighted by Gasteiger charge is 2.45. The molecule has 1 fully saturated rings. The lowest BCUT2D eigenvalue weighted by molar-refractivity contribution is -0.139. The zero-order valence-electron chi connectivity index (χ0n) is 9.61. The van der Waals surface area contributed by atoms with E-state index in [1.54, 1.807) is 11.8 Å². The van der Waals surface area contributed by atoms with Crippen LogP contribution < -0.4 is 5.32 Å². The summed E-state index contributed by atoms with van der Waals surface area (Å²) >= 11 is 5.05. The molecule has 2 atom stereocenters. The number of carboxylic acids is 1. The number of hydrogen-bond donors (Lipinski definition) is 2. The molecule has 0 aliphatic carbocycles. The molecule has 0 saturated carbocycles. The maximum atomic E-state index is 11.2.